The fourth-order valence-electron chi connectivity index (χ4n) is 3.35. The lowest BCUT2D eigenvalue weighted by Crippen LogP contribution is -2.43. The minimum Gasteiger partial charge on any atom is -0.475 e. The van der Waals surface area contributed by atoms with Crippen LogP contribution < -0.4 is 10.1 Å². The van der Waals surface area contributed by atoms with Crippen LogP contribution in [0, 0.1) is 0 Å². The first-order chi connectivity index (χ1) is 13.4. The highest BCUT2D eigenvalue weighted by Crippen LogP contribution is 2.33. The number of hydrogen-bond acceptors (Lipinski definition) is 4. The van der Waals surface area contributed by atoms with E-state index in [1.165, 1.54) is 0 Å². The summed E-state index contributed by atoms with van der Waals surface area (Å²) in [6.45, 7) is 4.46. The average Bonchev–Trinajstić information content (AvgIpc) is 3.33. The molecule has 6 nitrogen and oxygen atoms in total. The second-order valence-corrected chi connectivity index (χ2v) is 7.05. The van der Waals surface area contributed by atoms with Gasteiger partial charge < -0.3 is 15.0 Å². The zero-order chi connectivity index (χ0) is 20.1. The van der Waals surface area contributed by atoms with Crippen LogP contribution in [0.4, 0.5) is 13.2 Å². The van der Waals surface area contributed by atoms with Gasteiger partial charge in [-0.05, 0) is 12.5 Å². The van der Waals surface area contributed by atoms with Crippen molar-refractivity contribution in [3.05, 3.63) is 35.0 Å². The van der Waals surface area contributed by atoms with Crippen molar-refractivity contribution in [3.63, 3.8) is 0 Å². The lowest BCUT2D eigenvalue weighted by Gasteiger charge is -2.25. The topological polar surface area (TPSA) is 53.0 Å². The molecule has 1 aromatic rings. The van der Waals surface area contributed by atoms with Crippen LogP contribution in [0.5, 0.6) is 5.88 Å². The molecule has 0 bridgehead atoms. The summed E-state index contributed by atoms with van der Waals surface area (Å²) in [4.78, 5) is 12.6. The Labute approximate surface area is 167 Å². The van der Waals surface area contributed by atoms with Gasteiger partial charge in [-0.3, -0.25) is 9.89 Å². The molecule has 1 fully saturated rings. The lowest BCUT2D eigenvalue weighted by molar-refractivity contribution is -0.137. The Hall–Kier alpha value is -2.00. The van der Waals surface area contributed by atoms with Gasteiger partial charge in [0.25, 0.3) is 0 Å². The van der Waals surface area contributed by atoms with Crippen LogP contribution in [-0.4, -0.2) is 73.2 Å². The molecule has 0 aromatic carbocycles. The molecular weight excluding hydrogens is 395 g/mol. The quantitative estimate of drug-likeness (QED) is 0.345. The van der Waals surface area contributed by atoms with E-state index in [2.05, 4.69) is 37.2 Å². The minimum atomic E-state index is -4.48. The molecule has 0 saturated carbocycles. The Bertz CT molecular complexity index is 732. The molecule has 1 unspecified atom stereocenters. The van der Waals surface area contributed by atoms with Crippen LogP contribution in [0.2, 0.25) is 5.02 Å². The zero-order valence-electron chi connectivity index (χ0n) is 15.5. The monoisotopic (exact) mass is 417 g/mol. The molecule has 3 rings (SSSR count). The summed E-state index contributed by atoms with van der Waals surface area (Å²) in [7, 11) is 1.72. The van der Waals surface area contributed by atoms with Crippen molar-refractivity contribution < 1.29 is 17.9 Å². The summed E-state index contributed by atoms with van der Waals surface area (Å²) in [6, 6.07) is 1.33. The van der Waals surface area contributed by atoms with E-state index in [0.29, 0.717) is 18.8 Å². The maximum atomic E-state index is 12.6. The van der Waals surface area contributed by atoms with E-state index >= 15 is 0 Å². The summed E-state index contributed by atoms with van der Waals surface area (Å²) in [5, 5.41) is 3.05. The Morgan fingerprint density at radius 3 is 2.79 bits per heavy atom. The van der Waals surface area contributed by atoms with Crippen molar-refractivity contribution in [2.45, 2.75) is 18.6 Å². The van der Waals surface area contributed by atoms with Gasteiger partial charge in [-0.2, -0.15) is 13.2 Å². The van der Waals surface area contributed by atoms with Crippen LogP contribution in [0.3, 0.4) is 0 Å². The van der Waals surface area contributed by atoms with Gasteiger partial charge in [-0.1, -0.05) is 23.8 Å². The van der Waals surface area contributed by atoms with Crippen molar-refractivity contribution in [3.8, 4) is 5.88 Å². The first kappa shape index (κ1) is 20.7. The number of ether oxygens (including phenoxy) is 1. The summed E-state index contributed by atoms with van der Waals surface area (Å²) in [5.41, 5.74) is -0.903. The highest BCUT2D eigenvalue weighted by atomic mass is 35.5. The Morgan fingerprint density at radius 2 is 2.14 bits per heavy atom. The van der Waals surface area contributed by atoms with Crippen LogP contribution >= 0.6 is 11.6 Å². The van der Waals surface area contributed by atoms with Gasteiger partial charge in [0.1, 0.15) is 11.6 Å². The van der Waals surface area contributed by atoms with E-state index in [1.807, 2.05) is 0 Å². The Kier molecular flexibility index (Phi) is 6.66. The summed E-state index contributed by atoms with van der Waals surface area (Å²) in [5.74, 6) is 0.763. The Balaban J connectivity index is 1.44. The fraction of sp³-hybridized carbons (Fsp3) is 0.556. The Morgan fingerprint density at radius 1 is 1.39 bits per heavy atom. The largest absolute Gasteiger partial charge is 0.475 e. The number of nitrogens with zero attached hydrogens (tertiary/aromatic N) is 4. The molecule has 1 aromatic heterocycles. The number of rotatable bonds is 5. The van der Waals surface area contributed by atoms with Gasteiger partial charge in [-0.25, -0.2) is 4.98 Å². The predicted molar refractivity (Wildman–Crippen MR) is 102 cm³/mol. The van der Waals surface area contributed by atoms with Gasteiger partial charge in [0.05, 0.1) is 12.1 Å². The van der Waals surface area contributed by atoms with Gasteiger partial charge in [-0.15, -0.1) is 0 Å². The molecule has 154 valence electrons. The number of aliphatic imine (C=N–C) groups is 1. The molecule has 0 aliphatic carbocycles. The van der Waals surface area contributed by atoms with Gasteiger partial charge in [0.2, 0.25) is 5.88 Å². The highest BCUT2D eigenvalue weighted by Gasteiger charge is 2.32. The SMILES string of the molecule is CN=C(NCCOc1ncc(C(F)(F)F)cc1Cl)N1CCC(N2CC=CC2)C1. The van der Waals surface area contributed by atoms with E-state index < -0.39 is 11.7 Å². The molecule has 1 saturated heterocycles. The van der Waals surface area contributed by atoms with Crippen LogP contribution in [0.15, 0.2) is 29.4 Å². The molecule has 2 aliphatic heterocycles. The summed E-state index contributed by atoms with van der Waals surface area (Å²) >= 11 is 5.84. The third-order valence-corrected chi connectivity index (χ3v) is 5.07. The summed E-state index contributed by atoms with van der Waals surface area (Å²) in [6.07, 6.45) is 1.69. The number of guanidine groups is 1. The molecule has 10 heteroatoms. The van der Waals surface area contributed by atoms with E-state index in [1.54, 1.807) is 7.05 Å². The average molecular weight is 418 g/mol. The summed E-state index contributed by atoms with van der Waals surface area (Å²) < 4.78 is 43.3. The van der Waals surface area contributed by atoms with Gasteiger partial charge >= 0.3 is 6.18 Å². The van der Waals surface area contributed by atoms with Crippen molar-refractivity contribution in [1.29, 1.82) is 0 Å². The van der Waals surface area contributed by atoms with E-state index in [0.717, 1.165) is 44.6 Å². The van der Waals surface area contributed by atoms with Crippen LogP contribution in [-0.2, 0) is 6.18 Å². The highest BCUT2D eigenvalue weighted by molar-refractivity contribution is 6.31. The second kappa shape index (κ2) is 9.00. The molecule has 1 N–H and O–H groups in total. The molecule has 0 radical (unpaired) electrons. The molecule has 28 heavy (non-hydrogen) atoms. The number of aromatic nitrogens is 1. The lowest BCUT2D eigenvalue weighted by atomic mass is 10.2. The number of pyridine rings is 1. The van der Waals surface area contributed by atoms with Gasteiger partial charge in [0, 0.05) is 45.5 Å². The second-order valence-electron chi connectivity index (χ2n) is 6.65. The molecular formula is C18H23ClF3N5O. The van der Waals surface area contributed by atoms with Crippen LogP contribution in [0.25, 0.3) is 0 Å². The molecule has 3 heterocycles. The predicted octanol–water partition coefficient (Wildman–Crippen LogP) is 2.65. The maximum Gasteiger partial charge on any atom is 0.417 e. The number of alkyl halides is 3. The van der Waals surface area contributed by atoms with Gasteiger partial charge in [0.15, 0.2) is 5.96 Å². The third kappa shape index (κ3) is 5.08. The van der Waals surface area contributed by atoms with E-state index in [4.69, 9.17) is 16.3 Å². The smallest absolute Gasteiger partial charge is 0.417 e. The maximum absolute atomic E-state index is 12.6. The standard InChI is InChI=1S/C18H23ClF3N5O/c1-23-17(27-8-4-14(12-27)26-6-2-3-7-26)24-5-9-28-16-15(19)10-13(11-25-16)18(20,21)22/h2-3,10-11,14H,4-9,12H2,1H3,(H,23,24). The third-order valence-electron chi connectivity index (χ3n) is 4.80. The number of hydrogen-bond donors (Lipinski definition) is 1. The number of halogens is 4. The molecule has 1 atom stereocenters. The van der Waals surface area contributed by atoms with Crippen molar-refractivity contribution in [1.82, 2.24) is 20.1 Å². The van der Waals surface area contributed by atoms with Crippen LogP contribution in [0.1, 0.15) is 12.0 Å². The first-order valence-corrected chi connectivity index (χ1v) is 9.46. The minimum absolute atomic E-state index is 0.0192. The number of likely N-dealkylation sites (tertiary alicyclic amines) is 1. The van der Waals surface area contributed by atoms with E-state index in [-0.39, 0.29) is 17.5 Å². The van der Waals surface area contributed by atoms with E-state index in [9.17, 15) is 13.2 Å². The zero-order valence-corrected chi connectivity index (χ0v) is 16.3. The normalized spacial score (nSPS) is 20.8. The number of nitrogens with one attached hydrogen (secondary N) is 1. The first-order valence-electron chi connectivity index (χ1n) is 9.08. The van der Waals surface area contributed by atoms with Crippen molar-refractivity contribution in [2.24, 2.45) is 4.99 Å². The molecule has 2 aliphatic rings. The van der Waals surface area contributed by atoms with Crippen molar-refractivity contribution >= 4 is 17.6 Å². The molecule has 0 spiro atoms. The fourth-order valence-corrected chi connectivity index (χ4v) is 3.58. The van der Waals surface area contributed by atoms with Crippen molar-refractivity contribution in [2.75, 3.05) is 46.4 Å². The molecule has 0 amide bonds.